The fourth-order valence-electron chi connectivity index (χ4n) is 4.48. The van der Waals surface area contributed by atoms with Gasteiger partial charge in [-0.25, -0.2) is 8.42 Å². The fraction of sp³-hybridized carbons (Fsp3) is 0.500. The van der Waals surface area contributed by atoms with Crippen molar-refractivity contribution in [3.05, 3.63) is 47.5 Å². The van der Waals surface area contributed by atoms with Crippen LogP contribution in [0.2, 0.25) is 0 Å². The Bertz CT molecular complexity index is 1140. The first-order valence-corrected chi connectivity index (χ1v) is 13.5. The molecule has 184 valence electrons. The van der Waals surface area contributed by atoms with Gasteiger partial charge in [-0.2, -0.15) is 4.31 Å². The molecule has 1 fully saturated rings. The Morgan fingerprint density at radius 1 is 1.00 bits per heavy atom. The molecule has 0 aliphatic carbocycles. The van der Waals surface area contributed by atoms with E-state index in [1.54, 1.807) is 52.7 Å². The number of rotatable bonds is 8. The quantitative estimate of drug-likeness (QED) is 0.549. The van der Waals surface area contributed by atoms with Crippen LogP contribution in [0.3, 0.4) is 0 Å². The number of hydrogen-bond donors (Lipinski definition) is 0. The smallest absolute Gasteiger partial charge is 0.258 e. The second-order valence-corrected chi connectivity index (χ2v) is 11.3. The van der Waals surface area contributed by atoms with E-state index in [2.05, 4.69) is 13.8 Å². The summed E-state index contributed by atoms with van der Waals surface area (Å²) in [6.45, 7) is 6.52. The molecule has 0 unspecified atom stereocenters. The molecule has 0 atom stereocenters. The number of methoxy groups -OCH3 is 1. The van der Waals surface area contributed by atoms with Crippen molar-refractivity contribution in [2.45, 2.75) is 50.8 Å². The molecule has 2 heterocycles. The van der Waals surface area contributed by atoms with E-state index in [9.17, 15) is 13.2 Å². The molecule has 0 aromatic heterocycles. The number of benzene rings is 2. The van der Waals surface area contributed by atoms with Crippen molar-refractivity contribution < 1.29 is 22.7 Å². The van der Waals surface area contributed by atoms with Crippen LogP contribution in [0.4, 0.5) is 5.69 Å². The molecule has 0 radical (unpaired) electrons. The van der Waals surface area contributed by atoms with E-state index in [0.717, 1.165) is 36.9 Å². The number of amides is 1. The molecule has 2 aliphatic heterocycles. The van der Waals surface area contributed by atoms with E-state index in [1.807, 2.05) is 0 Å². The van der Waals surface area contributed by atoms with Gasteiger partial charge >= 0.3 is 0 Å². The van der Waals surface area contributed by atoms with Crippen LogP contribution in [0.5, 0.6) is 11.5 Å². The van der Waals surface area contributed by atoms with Crippen molar-refractivity contribution in [3.63, 3.8) is 0 Å². The van der Waals surface area contributed by atoms with Crippen molar-refractivity contribution in [1.82, 2.24) is 4.31 Å². The summed E-state index contributed by atoms with van der Waals surface area (Å²) >= 11 is 0. The van der Waals surface area contributed by atoms with Gasteiger partial charge in [0.25, 0.3) is 5.91 Å². The van der Waals surface area contributed by atoms with Crippen LogP contribution in [0.1, 0.15) is 55.5 Å². The Morgan fingerprint density at radius 3 is 2.47 bits per heavy atom. The lowest BCUT2D eigenvalue weighted by atomic mass is 10.1. The third-order valence-electron chi connectivity index (χ3n) is 6.51. The lowest BCUT2D eigenvalue weighted by Gasteiger charge is -2.26. The van der Waals surface area contributed by atoms with Crippen molar-refractivity contribution in [2.24, 2.45) is 5.92 Å². The number of nitrogens with zero attached hydrogens (tertiary/aromatic N) is 2. The lowest BCUT2D eigenvalue weighted by Crippen LogP contribution is -2.35. The van der Waals surface area contributed by atoms with Crippen molar-refractivity contribution >= 4 is 21.6 Å². The minimum Gasteiger partial charge on any atom is -0.493 e. The first-order valence-electron chi connectivity index (χ1n) is 12.1. The Morgan fingerprint density at radius 2 is 1.76 bits per heavy atom. The molecule has 1 saturated heterocycles. The summed E-state index contributed by atoms with van der Waals surface area (Å²) in [5.41, 5.74) is 2.15. The molecule has 0 N–H and O–H groups in total. The van der Waals surface area contributed by atoms with Crippen LogP contribution in [0, 0.1) is 5.92 Å². The molecule has 4 rings (SSSR count). The number of carbonyl (C=O) groups is 1. The van der Waals surface area contributed by atoms with Gasteiger partial charge in [0.05, 0.1) is 18.6 Å². The number of piperidine rings is 1. The molecule has 34 heavy (non-hydrogen) atoms. The Kier molecular flexibility index (Phi) is 7.48. The van der Waals surface area contributed by atoms with Gasteiger partial charge in [0.1, 0.15) is 0 Å². The highest BCUT2D eigenvalue weighted by molar-refractivity contribution is 7.89. The summed E-state index contributed by atoms with van der Waals surface area (Å²) in [5.74, 6) is 1.54. The van der Waals surface area contributed by atoms with Crippen LogP contribution in [-0.4, -0.2) is 52.0 Å². The third kappa shape index (κ3) is 5.08. The first-order chi connectivity index (χ1) is 16.3. The van der Waals surface area contributed by atoms with Gasteiger partial charge in [-0.15, -0.1) is 0 Å². The highest BCUT2D eigenvalue weighted by atomic mass is 32.2. The summed E-state index contributed by atoms with van der Waals surface area (Å²) in [5, 5.41) is 0. The zero-order chi connectivity index (χ0) is 24.3. The number of ether oxygens (including phenoxy) is 2. The average Bonchev–Trinajstić information content (AvgIpc) is 3.27. The van der Waals surface area contributed by atoms with Crippen molar-refractivity contribution in [1.29, 1.82) is 0 Å². The highest BCUT2D eigenvalue weighted by Crippen LogP contribution is 2.34. The Labute approximate surface area is 202 Å². The van der Waals surface area contributed by atoms with Gasteiger partial charge in [-0.05, 0) is 73.6 Å². The minimum atomic E-state index is -3.50. The molecular weight excluding hydrogens is 452 g/mol. The number of sulfonamides is 1. The Balaban J connectivity index is 1.52. The monoisotopic (exact) mass is 486 g/mol. The second-order valence-electron chi connectivity index (χ2n) is 9.36. The molecule has 2 aliphatic rings. The van der Waals surface area contributed by atoms with Gasteiger partial charge in [0.2, 0.25) is 10.0 Å². The Hall–Kier alpha value is -2.58. The maximum Gasteiger partial charge on any atom is 0.258 e. The topological polar surface area (TPSA) is 76.2 Å². The molecule has 0 saturated carbocycles. The average molecular weight is 487 g/mol. The van der Waals surface area contributed by atoms with Gasteiger partial charge in [0, 0.05) is 30.9 Å². The fourth-order valence-corrected chi connectivity index (χ4v) is 6.05. The molecule has 2 aromatic rings. The third-order valence-corrected chi connectivity index (χ3v) is 8.40. The van der Waals surface area contributed by atoms with Gasteiger partial charge in [-0.3, -0.25) is 4.79 Å². The number of carbonyl (C=O) groups excluding carboxylic acids is 1. The van der Waals surface area contributed by atoms with E-state index in [4.69, 9.17) is 9.47 Å². The zero-order valence-corrected chi connectivity index (χ0v) is 21.1. The largest absolute Gasteiger partial charge is 0.493 e. The standard InChI is InChI=1S/C26H34N2O5S/c1-19(2)12-16-33-24-10-7-21(18-25(24)32-3)26(29)28-15-11-20-17-22(8-9-23(20)28)34(30,31)27-13-5-4-6-14-27/h7-10,17-19H,4-6,11-16H2,1-3H3. The lowest BCUT2D eigenvalue weighted by molar-refractivity contribution is 0.0989. The SMILES string of the molecule is COc1cc(C(=O)N2CCc3cc(S(=O)(=O)N4CCCCC4)ccc32)ccc1OCCC(C)C. The second kappa shape index (κ2) is 10.4. The summed E-state index contributed by atoms with van der Waals surface area (Å²) < 4.78 is 39.0. The summed E-state index contributed by atoms with van der Waals surface area (Å²) in [4.78, 5) is 15.3. The van der Waals surface area contributed by atoms with E-state index < -0.39 is 10.0 Å². The molecule has 0 spiro atoms. The van der Waals surface area contributed by atoms with E-state index >= 15 is 0 Å². The number of hydrogen-bond acceptors (Lipinski definition) is 5. The highest BCUT2D eigenvalue weighted by Gasteiger charge is 2.30. The molecule has 7 nitrogen and oxygen atoms in total. The van der Waals surface area contributed by atoms with Crippen molar-refractivity contribution in [2.75, 3.05) is 38.3 Å². The van der Waals surface area contributed by atoms with E-state index in [1.165, 1.54) is 0 Å². The first kappa shape index (κ1) is 24.5. The molecular formula is C26H34N2O5S. The maximum absolute atomic E-state index is 13.3. The predicted molar refractivity (Wildman–Crippen MR) is 132 cm³/mol. The van der Waals surface area contributed by atoms with E-state index in [-0.39, 0.29) is 5.91 Å². The van der Waals surface area contributed by atoms with Crippen LogP contribution in [0.15, 0.2) is 41.3 Å². The zero-order valence-electron chi connectivity index (χ0n) is 20.2. The van der Waals surface area contributed by atoms with E-state index in [0.29, 0.717) is 60.5 Å². The summed E-state index contributed by atoms with van der Waals surface area (Å²) in [7, 11) is -1.94. The summed E-state index contributed by atoms with van der Waals surface area (Å²) in [6.07, 6.45) is 4.43. The van der Waals surface area contributed by atoms with Crippen LogP contribution < -0.4 is 14.4 Å². The van der Waals surface area contributed by atoms with Gasteiger partial charge in [0.15, 0.2) is 11.5 Å². The normalized spacial score (nSPS) is 16.5. The number of anilines is 1. The van der Waals surface area contributed by atoms with Gasteiger partial charge < -0.3 is 14.4 Å². The molecule has 2 aromatic carbocycles. The maximum atomic E-state index is 13.3. The molecule has 0 bridgehead atoms. The minimum absolute atomic E-state index is 0.141. The van der Waals surface area contributed by atoms with Crippen LogP contribution in [0.25, 0.3) is 0 Å². The van der Waals surface area contributed by atoms with Crippen LogP contribution >= 0.6 is 0 Å². The molecule has 8 heteroatoms. The predicted octanol–water partition coefficient (Wildman–Crippen LogP) is 4.50. The van der Waals surface area contributed by atoms with Crippen LogP contribution in [-0.2, 0) is 16.4 Å². The van der Waals surface area contributed by atoms with Gasteiger partial charge in [-0.1, -0.05) is 20.3 Å². The molecule has 1 amide bonds. The number of fused-ring (bicyclic) bond motifs is 1. The summed E-state index contributed by atoms with van der Waals surface area (Å²) in [6, 6.07) is 10.4. The van der Waals surface area contributed by atoms with Crippen molar-refractivity contribution in [3.8, 4) is 11.5 Å².